The van der Waals surface area contributed by atoms with Gasteiger partial charge in [-0.2, -0.15) is 0 Å². The zero-order valence-electron chi connectivity index (χ0n) is 14.2. The van der Waals surface area contributed by atoms with E-state index in [1.165, 1.54) is 6.26 Å². The Morgan fingerprint density at radius 3 is 2.69 bits per heavy atom. The van der Waals surface area contributed by atoms with Crippen molar-refractivity contribution in [2.24, 2.45) is 0 Å². The van der Waals surface area contributed by atoms with Crippen LogP contribution in [0.25, 0.3) is 11.0 Å². The zero-order valence-corrected chi connectivity index (χ0v) is 15.7. The summed E-state index contributed by atoms with van der Waals surface area (Å²) >= 11 is 12.1. The Hall–Kier alpha value is -2.17. The van der Waals surface area contributed by atoms with E-state index in [0.29, 0.717) is 33.5 Å². The van der Waals surface area contributed by atoms with Gasteiger partial charge in [0.25, 0.3) is 0 Å². The Morgan fingerprint density at radius 1 is 1.19 bits per heavy atom. The molecule has 6 heteroatoms. The van der Waals surface area contributed by atoms with Crippen LogP contribution in [0.4, 0.5) is 0 Å². The van der Waals surface area contributed by atoms with Crippen LogP contribution in [0.1, 0.15) is 30.0 Å². The van der Waals surface area contributed by atoms with Gasteiger partial charge in [-0.15, -0.1) is 0 Å². The molecule has 0 spiro atoms. The first kappa shape index (κ1) is 18.6. The number of hydrogen-bond donors (Lipinski definition) is 1. The fourth-order valence-electron chi connectivity index (χ4n) is 2.91. The molecule has 0 atom stereocenters. The average molecular weight is 393 g/mol. The minimum absolute atomic E-state index is 0.0703. The summed E-state index contributed by atoms with van der Waals surface area (Å²) in [7, 11) is 0. The van der Waals surface area contributed by atoms with Crippen LogP contribution < -0.4 is 4.74 Å². The van der Waals surface area contributed by atoms with Gasteiger partial charge >= 0.3 is 5.97 Å². The largest absolute Gasteiger partial charge is 0.488 e. The van der Waals surface area contributed by atoms with Crippen LogP contribution in [-0.4, -0.2) is 11.1 Å². The number of fused-ring (bicyclic) bond motifs is 1. The van der Waals surface area contributed by atoms with Gasteiger partial charge in [0.2, 0.25) is 0 Å². The summed E-state index contributed by atoms with van der Waals surface area (Å²) in [6, 6.07) is 8.99. The number of hydrogen-bond acceptors (Lipinski definition) is 3. The number of rotatable bonds is 7. The predicted molar refractivity (Wildman–Crippen MR) is 102 cm³/mol. The lowest BCUT2D eigenvalue weighted by Gasteiger charge is -2.13. The summed E-state index contributed by atoms with van der Waals surface area (Å²) in [5, 5.41) is 11.0. The quantitative estimate of drug-likeness (QED) is 0.543. The van der Waals surface area contributed by atoms with Crippen molar-refractivity contribution < 1.29 is 19.1 Å². The number of carboxylic acids is 1. The molecule has 4 nitrogen and oxygen atoms in total. The van der Waals surface area contributed by atoms with Crippen molar-refractivity contribution in [3.8, 4) is 5.75 Å². The standard InChI is InChI=1S/C20H18Cl2O4/c1-2-3-16-18(25-10-12-4-5-14(21)9-17(12)22)7-6-15-13(8-19(23)24)11-26-20(15)16/h4-7,9,11H,2-3,8,10H2,1H3,(H,23,24). The van der Waals surface area contributed by atoms with Crippen LogP contribution in [0, 0.1) is 0 Å². The number of ether oxygens (including phenoxy) is 1. The smallest absolute Gasteiger partial charge is 0.307 e. The second-order valence-corrected chi connectivity index (χ2v) is 6.87. The van der Waals surface area contributed by atoms with Gasteiger partial charge in [0, 0.05) is 32.1 Å². The Balaban J connectivity index is 1.92. The van der Waals surface area contributed by atoms with E-state index in [1.54, 1.807) is 12.1 Å². The molecule has 1 heterocycles. The van der Waals surface area contributed by atoms with Crippen LogP contribution in [0.2, 0.25) is 10.0 Å². The van der Waals surface area contributed by atoms with E-state index in [0.717, 1.165) is 29.4 Å². The van der Waals surface area contributed by atoms with Crippen LogP contribution in [0.15, 0.2) is 41.0 Å². The van der Waals surface area contributed by atoms with E-state index in [9.17, 15) is 4.79 Å². The lowest BCUT2D eigenvalue weighted by atomic mass is 10.0. The van der Waals surface area contributed by atoms with Crippen LogP contribution >= 0.6 is 23.2 Å². The molecule has 2 aromatic carbocycles. The number of carbonyl (C=O) groups is 1. The highest BCUT2D eigenvalue weighted by molar-refractivity contribution is 6.35. The highest BCUT2D eigenvalue weighted by atomic mass is 35.5. The summed E-state index contributed by atoms with van der Waals surface area (Å²) < 4.78 is 11.7. The first-order valence-electron chi connectivity index (χ1n) is 8.30. The number of benzene rings is 2. The van der Waals surface area contributed by atoms with Crippen LogP contribution in [0.3, 0.4) is 0 Å². The fraction of sp³-hybridized carbons (Fsp3) is 0.250. The first-order chi connectivity index (χ1) is 12.5. The molecular weight excluding hydrogens is 375 g/mol. The summed E-state index contributed by atoms with van der Waals surface area (Å²) in [5.41, 5.74) is 3.12. The summed E-state index contributed by atoms with van der Waals surface area (Å²) in [6.07, 6.45) is 3.12. The fourth-order valence-corrected chi connectivity index (χ4v) is 3.37. The number of aryl methyl sites for hydroxylation is 1. The van der Waals surface area contributed by atoms with Gasteiger partial charge in [-0.1, -0.05) is 42.6 Å². The SMILES string of the molecule is CCCc1c(OCc2ccc(Cl)cc2Cl)ccc2c(CC(=O)O)coc12. The predicted octanol–water partition coefficient (Wildman–Crippen LogP) is 5.90. The molecule has 0 bridgehead atoms. The van der Waals surface area contributed by atoms with E-state index in [1.807, 2.05) is 18.2 Å². The van der Waals surface area contributed by atoms with E-state index in [4.69, 9.17) is 37.5 Å². The lowest BCUT2D eigenvalue weighted by Crippen LogP contribution is -2.01. The Bertz CT molecular complexity index is 946. The lowest BCUT2D eigenvalue weighted by molar-refractivity contribution is -0.136. The third-order valence-corrected chi connectivity index (χ3v) is 4.71. The summed E-state index contributed by atoms with van der Waals surface area (Å²) in [5.74, 6) is -0.177. The molecule has 136 valence electrons. The van der Waals surface area contributed by atoms with Crippen LogP contribution in [-0.2, 0) is 24.2 Å². The van der Waals surface area contributed by atoms with Gasteiger partial charge in [0.15, 0.2) is 0 Å². The Kier molecular flexibility index (Phi) is 5.74. The number of furan rings is 1. The molecule has 3 aromatic rings. The van der Waals surface area contributed by atoms with Crippen molar-refractivity contribution in [2.75, 3.05) is 0 Å². The molecule has 0 aliphatic carbocycles. The maximum Gasteiger partial charge on any atom is 0.307 e. The molecule has 1 N–H and O–H groups in total. The molecule has 26 heavy (non-hydrogen) atoms. The molecule has 0 amide bonds. The van der Waals surface area contributed by atoms with Gasteiger partial charge < -0.3 is 14.3 Å². The molecule has 0 aliphatic rings. The molecule has 0 radical (unpaired) electrons. The number of aliphatic carboxylic acids is 1. The first-order valence-corrected chi connectivity index (χ1v) is 9.05. The molecule has 0 fully saturated rings. The summed E-state index contributed by atoms with van der Waals surface area (Å²) in [6.45, 7) is 2.38. The van der Waals surface area contributed by atoms with Crippen molar-refractivity contribution >= 4 is 40.1 Å². The molecule has 3 rings (SSSR count). The van der Waals surface area contributed by atoms with E-state index in [2.05, 4.69) is 6.92 Å². The minimum Gasteiger partial charge on any atom is -0.488 e. The van der Waals surface area contributed by atoms with Crippen molar-refractivity contribution in [3.05, 3.63) is 63.3 Å². The Labute approximate surface area is 161 Å². The normalized spacial score (nSPS) is 11.0. The van der Waals surface area contributed by atoms with Gasteiger partial charge in [-0.05, 0) is 30.7 Å². The van der Waals surface area contributed by atoms with Gasteiger partial charge in [-0.25, -0.2) is 0 Å². The van der Waals surface area contributed by atoms with Crippen molar-refractivity contribution in [3.63, 3.8) is 0 Å². The van der Waals surface area contributed by atoms with Gasteiger partial charge in [0.05, 0.1) is 12.7 Å². The highest BCUT2D eigenvalue weighted by Crippen LogP contribution is 2.33. The molecule has 0 saturated carbocycles. The third-order valence-electron chi connectivity index (χ3n) is 4.12. The second kappa shape index (κ2) is 8.02. The van der Waals surface area contributed by atoms with Crippen molar-refractivity contribution in [1.29, 1.82) is 0 Å². The van der Waals surface area contributed by atoms with E-state index in [-0.39, 0.29) is 6.42 Å². The van der Waals surface area contributed by atoms with Crippen molar-refractivity contribution in [1.82, 2.24) is 0 Å². The Morgan fingerprint density at radius 2 is 2.00 bits per heavy atom. The zero-order chi connectivity index (χ0) is 18.7. The molecular formula is C20H18Cl2O4. The molecule has 0 aliphatic heterocycles. The average Bonchev–Trinajstić information content (AvgIpc) is 2.98. The second-order valence-electron chi connectivity index (χ2n) is 6.02. The topological polar surface area (TPSA) is 59.7 Å². The maximum absolute atomic E-state index is 11.0. The van der Waals surface area contributed by atoms with Crippen molar-refractivity contribution in [2.45, 2.75) is 32.8 Å². The van der Waals surface area contributed by atoms with E-state index >= 15 is 0 Å². The van der Waals surface area contributed by atoms with Gasteiger partial charge in [-0.3, -0.25) is 4.79 Å². The van der Waals surface area contributed by atoms with E-state index < -0.39 is 5.97 Å². The number of carboxylic acid groups (broad SMARTS) is 1. The summed E-state index contributed by atoms with van der Waals surface area (Å²) in [4.78, 5) is 11.0. The molecule has 0 unspecified atom stereocenters. The maximum atomic E-state index is 11.0. The van der Waals surface area contributed by atoms with Gasteiger partial charge in [0.1, 0.15) is 17.9 Å². The monoisotopic (exact) mass is 392 g/mol. The molecule has 1 aromatic heterocycles. The third kappa shape index (κ3) is 3.97. The minimum atomic E-state index is -0.887. The number of halogens is 2. The molecule has 0 saturated heterocycles. The van der Waals surface area contributed by atoms with Crippen LogP contribution in [0.5, 0.6) is 5.75 Å². The highest BCUT2D eigenvalue weighted by Gasteiger charge is 2.16.